The Balaban J connectivity index is 2.90. The molecule has 0 fully saturated rings. The van der Waals surface area contributed by atoms with Gasteiger partial charge in [-0.1, -0.05) is 5.21 Å². The standard InChI is InChI=1S/C10H18F2N4O/c1-7(4-5-17-3)16-9(10(11)12)8(6-13-2)14-15-16/h7,10,13H,4-6H2,1-3H3. The van der Waals surface area contributed by atoms with Gasteiger partial charge in [0.05, 0.1) is 6.04 Å². The van der Waals surface area contributed by atoms with Gasteiger partial charge in [-0.15, -0.1) is 5.10 Å². The maximum absolute atomic E-state index is 13.0. The third-order valence-corrected chi connectivity index (χ3v) is 2.51. The Morgan fingerprint density at radius 1 is 1.47 bits per heavy atom. The van der Waals surface area contributed by atoms with E-state index < -0.39 is 6.43 Å². The fourth-order valence-corrected chi connectivity index (χ4v) is 1.59. The van der Waals surface area contributed by atoms with E-state index in [0.717, 1.165) is 0 Å². The van der Waals surface area contributed by atoms with Crippen LogP contribution in [0.25, 0.3) is 0 Å². The van der Waals surface area contributed by atoms with Crippen molar-refractivity contribution in [2.24, 2.45) is 0 Å². The van der Waals surface area contributed by atoms with Crippen molar-refractivity contribution in [3.8, 4) is 0 Å². The van der Waals surface area contributed by atoms with Gasteiger partial charge < -0.3 is 10.1 Å². The van der Waals surface area contributed by atoms with Gasteiger partial charge >= 0.3 is 0 Å². The molecule has 0 saturated carbocycles. The number of ether oxygens (including phenoxy) is 1. The molecule has 1 unspecified atom stereocenters. The Kier molecular flexibility index (Phi) is 5.43. The van der Waals surface area contributed by atoms with Crippen molar-refractivity contribution < 1.29 is 13.5 Å². The van der Waals surface area contributed by atoms with Gasteiger partial charge in [0.2, 0.25) is 0 Å². The van der Waals surface area contributed by atoms with E-state index in [2.05, 4.69) is 15.6 Å². The van der Waals surface area contributed by atoms with Gasteiger partial charge in [0, 0.05) is 20.3 Å². The highest BCUT2D eigenvalue weighted by atomic mass is 19.3. The molecule has 0 radical (unpaired) electrons. The number of rotatable bonds is 7. The molecule has 1 N–H and O–H groups in total. The third kappa shape index (κ3) is 3.44. The minimum absolute atomic E-state index is 0.108. The maximum Gasteiger partial charge on any atom is 0.281 e. The largest absolute Gasteiger partial charge is 0.385 e. The van der Waals surface area contributed by atoms with Crippen molar-refractivity contribution in [3.05, 3.63) is 11.4 Å². The summed E-state index contributed by atoms with van der Waals surface area (Å²) in [7, 11) is 3.26. The summed E-state index contributed by atoms with van der Waals surface area (Å²) >= 11 is 0. The molecule has 0 bridgehead atoms. The van der Waals surface area contributed by atoms with Crippen molar-refractivity contribution in [3.63, 3.8) is 0 Å². The average Bonchev–Trinajstić information content (AvgIpc) is 2.70. The summed E-state index contributed by atoms with van der Waals surface area (Å²) in [4.78, 5) is 0. The summed E-state index contributed by atoms with van der Waals surface area (Å²) in [5, 5.41) is 10.4. The molecule has 1 rings (SSSR count). The van der Waals surface area contributed by atoms with Crippen LogP contribution in [0.1, 0.15) is 37.2 Å². The highest BCUT2D eigenvalue weighted by Gasteiger charge is 2.23. The fourth-order valence-electron chi connectivity index (χ4n) is 1.59. The van der Waals surface area contributed by atoms with Crippen molar-refractivity contribution >= 4 is 0 Å². The normalized spacial score (nSPS) is 13.3. The lowest BCUT2D eigenvalue weighted by Crippen LogP contribution is -2.15. The van der Waals surface area contributed by atoms with Crippen LogP contribution in [0.4, 0.5) is 8.78 Å². The monoisotopic (exact) mass is 248 g/mol. The molecule has 98 valence electrons. The molecule has 1 aromatic rings. The Morgan fingerprint density at radius 2 is 2.18 bits per heavy atom. The summed E-state index contributed by atoms with van der Waals surface area (Å²) < 4.78 is 32.2. The van der Waals surface area contributed by atoms with Crippen molar-refractivity contribution in [2.45, 2.75) is 32.4 Å². The number of nitrogens with one attached hydrogen (secondary N) is 1. The average molecular weight is 248 g/mol. The van der Waals surface area contributed by atoms with Crippen LogP contribution in [0.5, 0.6) is 0 Å². The smallest absolute Gasteiger partial charge is 0.281 e. The van der Waals surface area contributed by atoms with Crippen LogP contribution in [-0.4, -0.2) is 35.8 Å². The maximum atomic E-state index is 13.0. The lowest BCUT2D eigenvalue weighted by atomic mass is 10.2. The van der Waals surface area contributed by atoms with Gasteiger partial charge in [-0.05, 0) is 20.4 Å². The first-order valence-corrected chi connectivity index (χ1v) is 5.47. The highest BCUT2D eigenvalue weighted by Crippen LogP contribution is 2.25. The molecule has 0 aliphatic carbocycles. The lowest BCUT2D eigenvalue weighted by Gasteiger charge is -2.14. The van der Waals surface area contributed by atoms with Crippen molar-refractivity contribution in [1.82, 2.24) is 20.3 Å². The predicted octanol–water partition coefficient (Wildman–Crippen LogP) is 1.53. The van der Waals surface area contributed by atoms with E-state index in [-0.39, 0.29) is 18.3 Å². The summed E-state index contributed by atoms with van der Waals surface area (Å²) in [5.41, 5.74) is 0.190. The lowest BCUT2D eigenvalue weighted by molar-refractivity contribution is 0.130. The first-order chi connectivity index (χ1) is 8.11. The summed E-state index contributed by atoms with van der Waals surface area (Å²) in [6, 6.07) is -0.156. The molecule has 1 heterocycles. The van der Waals surface area contributed by atoms with Gasteiger partial charge in [-0.25, -0.2) is 13.5 Å². The second-order valence-corrected chi connectivity index (χ2v) is 3.83. The minimum Gasteiger partial charge on any atom is -0.385 e. The number of aromatic nitrogens is 3. The minimum atomic E-state index is -2.57. The zero-order valence-corrected chi connectivity index (χ0v) is 10.3. The first kappa shape index (κ1) is 14.0. The summed E-state index contributed by atoms with van der Waals surface area (Å²) in [6.45, 7) is 2.62. The molecule has 7 heteroatoms. The van der Waals surface area contributed by atoms with Gasteiger partial charge in [-0.3, -0.25) is 0 Å². The molecule has 0 aromatic carbocycles. The number of hydrogen-bond acceptors (Lipinski definition) is 4. The van der Waals surface area contributed by atoms with E-state index in [9.17, 15) is 8.78 Å². The summed E-state index contributed by atoms with van der Waals surface area (Å²) in [6.07, 6.45) is -1.95. The van der Waals surface area contributed by atoms with Crippen molar-refractivity contribution in [1.29, 1.82) is 0 Å². The SMILES string of the molecule is CNCc1nnn(C(C)CCOC)c1C(F)F. The molecule has 0 spiro atoms. The number of halogens is 2. The molecule has 1 aromatic heterocycles. The van der Waals surface area contributed by atoms with Crippen LogP contribution in [0.2, 0.25) is 0 Å². The molecule has 0 amide bonds. The third-order valence-electron chi connectivity index (χ3n) is 2.51. The van der Waals surface area contributed by atoms with E-state index in [4.69, 9.17) is 4.74 Å². The van der Waals surface area contributed by atoms with Gasteiger partial charge in [0.15, 0.2) is 0 Å². The van der Waals surface area contributed by atoms with Gasteiger partial charge in [0.25, 0.3) is 6.43 Å². The van der Waals surface area contributed by atoms with Crippen LogP contribution in [0, 0.1) is 0 Å². The van der Waals surface area contributed by atoms with Crippen LogP contribution >= 0.6 is 0 Å². The quantitative estimate of drug-likeness (QED) is 0.795. The van der Waals surface area contributed by atoms with Crippen LogP contribution in [0.15, 0.2) is 0 Å². The zero-order chi connectivity index (χ0) is 12.8. The number of alkyl halides is 2. The molecular formula is C10H18F2N4O. The second-order valence-electron chi connectivity index (χ2n) is 3.83. The first-order valence-electron chi connectivity index (χ1n) is 5.47. The van der Waals surface area contributed by atoms with E-state index in [1.807, 2.05) is 6.92 Å². The molecule has 0 aliphatic heterocycles. The molecule has 17 heavy (non-hydrogen) atoms. The Bertz CT molecular complexity index is 343. The summed E-state index contributed by atoms with van der Waals surface area (Å²) in [5.74, 6) is 0. The molecule has 0 aliphatic rings. The number of nitrogens with zero attached hydrogens (tertiary/aromatic N) is 3. The number of hydrogen-bond donors (Lipinski definition) is 1. The highest BCUT2D eigenvalue weighted by molar-refractivity contribution is 5.12. The molecule has 0 saturated heterocycles. The van der Waals surface area contributed by atoms with Gasteiger partial charge in [-0.2, -0.15) is 0 Å². The van der Waals surface area contributed by atoms with E-state index >= 15 is 0 Å². The fraction of sp³-hybridized carbons (Fsp3) is 0.800. The van der Waals surface area contributed by atoms with E-state index in [1.54, 1.807) is 14.2 Å². The molecular weight excluding hydrogens is 230 g/mol. The van der Waals surface area contributed by atoms with Gasteiger partial charge in [0.1, 0.15) is 11.4 Å². The van der Waals surface area contributed by atoms with Crippen LogP contribution < -0.4 is 5.32 Å². The Labute approximate surface area is 99.1 Å². The van der Waals surface area contributed by atoms with E-state index in [0.29, 0.717) is 18.7 Å². The molecule has 5 nitrogen and oxygen atoms in total. The Hall–Kier alpha value is -1.08. The van der Waals surface area contributed by atoms with Crippen molar-refractivity contribution in [2.75, 3.05) is 20.8 Å². The number of methoxy groups -OCH3 is 1. The molecule has 1 atom stereocenters. The topological polar surface area (TPSA) is 52.0 Å². The predicted molar refractivity (Wildman–Crippen MR) is 58.9 cm³/mol. The Morgan fingerprint density at radius 3 is 2.71 bits per heavy atom. The zero-order valence-electron chi connectivity index (χ0n) is 10.3. The van der Waals surface area contributed by atoms with E-state index in [1.165, 1.54) is 4.68 Å². The second kappa shape index (κ2) is 6.61. The van der Waals surface area contributed by atoms with Crippen LogP contribution in [-0.2, 0) is 11.3 Å². The van der Waals surface area contributed by atoms with Crippen LogP contribution in [0.3, 0.4) is 0 Å².